The van der Waals surface area contributed by atoms with Crippen molar-refractivity contribution in [3.05, 3.63) is 33.3 Å². The summed E-state index contributed by atoms with van der Waals surface area (Å²) >= 11 is 5.76. The topological polar surface area (TPSA) is 104 Å². The summed E-state index contributed by atoms with van der Waals surface area (Å²) in [4.78, 5) is 9.60. The van der Waals surface area contributed by atoms with Crippen LogP contribution in [0.15, 0.2) is 23.1 Å². The Kier molecular flexibility index (Phi) is 4.47. The van der Waals surface area contributed by atoms with Crippen LogP contribution in [0.25, 0.3) is 0 Å². The minimum absolute atomic E-state index is 0.258. The number of halogens is 1. The van der Waals surface area contributed by atoms with Gasteiger partial charge in [-0.1, -0.05) is 11.6 Å². The molecule has 9 heteroatoms. The second kappa shape index (κ2) is 5.52. The van der Waals surface area contributed by atoms with Gasteiger partial charge in [0.1, 0.15) is 10.9 Å². The fourth-order valence-corrected chi connectivity index (χ4v) is 3.04. The third kappa shape index (κ3) is 3.01. The van der Waals surface area contributed by atoms with E-state index in [9.17, 15) is 18.5 Å². The van der Waals surface area contributed by atoms with Gasteiger partial charge in [-0.05, 0) is 13.0 Å². The first kappa shape index (κ1) is 15.4. The van der Waals surface area contributed by atoms with Crippen molar-refractivity contribution in [1.29, 1.82) is 5.26 Å². The van der Waals surface area contributed by atoms with E-state index in [2.05, 4.69) is 0 Å². The van der Waals surface area contributed by atoms with Gasteiger partial charge in [-0.2, -0.15) is 9.57 Å². The molecule has 0 heterocycles. The van der Waals surface area contributed by atoms with Gasteiger partial charge in [-0.15, -0.1) is 0 Å². The molecule has 102 valence electrons. The molecule has 19 heavy (non-hydrogen) atoms. The Hall–Kier alpha value is -1.69. The predicted octanol–water partition coefficient (Wildman–Crippen LogP) is 1.78. The molecule has 1 rings (SSSR count). The van der Waals surface area contributed by atoms with E-state index in [-0.39, 0.29) is 15.6 Å². The van der Waals surface area contributed by atoms with Crippen LogP contribution in [-0.4, -0.2) is 30.7 Å². The SMILES string of the molecule is CC(C#N)N(C)S(=O)(=O)c1ccc([N+](=O)[O-])cc1Cl. The van der Waals surface area contributed by atoms with Crippen molar-refractivity contribution >= 4 is 27.3 Å². The Balaban J connectivity index is 3.31. The second-order valence-electron chi connectivity index (χ2n) is 3.70. The Morgan fingerprint density at radius 2 is 2.11 bits per heavy atom. The highest BCUT2D eigenvalue weighted by molar-refractivity contribution is 7.89. The number of sulfonamides is 1. The minimum atomic E-state index is -3.97. The fraction of sp³-hybridized carbons (Fsp3) is 0.300. The standard InChI is InChI=1S/C10H10ClN3O4S/c1-7(6-12)13(2)19(17,18)10-4-3-8(14(15)16)5-9(10)11/h3-5,7H,1-2H3. The Bertz CT molecular complexity index is 653. The maximum absolute atomic E-state index is 12.2. The zero-order chi connectivity index (χ0) is 14.8. The molecule has 0 spiro atoms. The van der Waals surface area contributed by atoms with Gasteiger partial charge in [0.05, 0.1) is 16.0 Å². The van der Waals surface area contributed by atoms with E-state index in [0.29, 0.717) is 0 Å². The maximum atomic E-state index is 12.2. The lowest BCUT2D eigenvalue weighted by Crippen LogP contribution is -2.34. The Morgan fingerprint density at radius 3 is 2.53 bits per heavy atom. The van der Waals surface area contributed by atoms with Crippen molar-refractivity contribution in [2.45, 2.75) is 17.9 Å². The van der Waals surface area contributed by atoms with E-state index in [4.69, 9.17) is 16.9 Å². The van der Waals surface area contributed by atoms with Gasteiger partial charge < -0.3 is 0 Å². The van der Waals surface area contributed by atoms with Gasteiger partial charge >= 0.3 is 0 Å². The van der Waals surface area contributed by atoms with Crippen molar-refractivity contribution < 1.29 is 13.3 Å². The number of benzene rings is 1. The molecule has 0 radical (unpaired) electrons. The van der Waals surface area contributed by atoms with E-state index in [1.54, 1.807) is 6.07 Å². The average molecular weight is 304 g/mol. The minimum Gasteiger partial charge on any atom is -0.258 e. The van der Waals surface area contributed by atoms with Gasteiger partial charge in [-0.3, -0.25) is 10.1 Å². The largest absolute Gasteiger partial charge is 0.271 e. The number of hydrogen-bond donors (Lipinski definition) is 0. The molecule has 1 unspecified atom stereocenters. The van der Waals surface area contributed by atoms with Crippen LogP contribution in [-0.2, 0) is 10.0 Å². The molecule has 0 saturated heterocycles. The predicted molar refractivity (Wildman–Crippen MR) is 68.1 cm³/mol. The van der Waals surface area contributed by atoms with Crippen LogP contribution in [0, 0.1) is 21.4 Å². The normalized spacial score (nSPS) is 13.0. The molecule has 0 aliphatic heterocycles. The lowest BCUT2D eigenvalue weighted by atomic mass is 10.3. The summed E-state index contributed by atoms with van der Waals surface area (Å²) in [5.41, 5.74) is -0.306. The molecule has 1 aromatic carbocycles. The van der Waals surface area contributed by atoms with Gasteiger partial charge in [-0.25, -0.2) is 8.42 Å². The monoisotopic (exact) mass is 303 g/mol. The summed E-state index contributed by atoms with van der Waals surface area (Å²) in [6.07, 6.45) is 0. The molecule has 0 aliphatic rings. The lowest BCUT2D eigenvalue weighted by Gasteiger charge is -2.19. The molecule has 0 saturated carbocycles. The number of rotatable bonds is 4. The first-order valence-corrected chi connectivity index (χ1v) is 6.85. The van der Waals surface area contributed by atoms with Gasteiger partial charge in [0.2, 0.25) is 10.0 Å². The van der Waals surface area contributed by atoms with E-state index >= 15 is 0 Å². The van der Waals surface area contributed by atoms with Gasteiger partial charge in [0, 0.05) is 19.2 Å². The van der Waals surface area contributed by atoms with Crippen molar-refractivity contribution in [1.82, 2.24) is 4.31 Å². The number of nitrogens with zero attached hydrogens (tertiary/aromatic N) is 3. The molecule has 0 N–H and O–H groups in total. The van der Waals surface area contributed by atoms with Gasteiger partial charge in [0.25, 0.3) is 5.69 Å². The van der Waals surface area contributed by atoms with Crippen molar-refractivity contribution in [2.75, 3.05) is 7.05 Å². The maximum Gasteiger partial charge on any atom is 0.271 e. The Morgan fingerprint density at radius 1 is 1.53 bits per heavy atom. The molecule has 7 nitrogen and oxygen atoms in total. The molecular formula is C10H10ClN3O4S. The number of hydrogen-bond acceptors (Lipinski definition) is 5. The second-order valence-corrected chi connectivity index (χ2v) is 6.07. The lowest BCUT2D eigenvalue weighted by molar-refractivity contribution is -0.384. The Labute approximate surface area is 115 Å². The fourth-order valence-electron chi connectivity index (χ4n) is 1.26. The molecule has 0 aromatic heterocycles. The molecule has 1 atom stereocenters. The summed E-state index contributed by atoms with van der Waals surface area (Å²) in [6.45, 7) is 1.41. The number of nitro benzene ring substituents is 1. The van der Waals surface area contributed by atoms with Crippen LogP contribution in [0.3, 0.4) is 0 Å². The average Bonchev–Trinajstić information content (AvgIpc) is 2.36. The molecule has 1 aromatic rings. The van der Waals surface area contributed by atoms with Crippen molar-refractivity contribution in [3.63, 3.8) is 0 Å². The molecule has 0 bridgehead atoms. The highest BCUT2D eigenvalue weighted by Crippen LogP contribution is 2.28. The zero-order valence-corrected chi connectivity index (χ0v) is 11.6. The van der Waals surface area contributed by atoms with Crippen LogP contribution < -0.4 is 0 Å². The highest BCUT2D eigenvalue weighted by atomic mass is 35.5. The first-order chi connectivity index (χ1) is 8.71. The van der Waals surface area contributed by atoms with Crippen LogP contribution in [0.2, 0.25) is 5.02 Å². The number of non-ortho nitro benzene ring substituents is 1. The molecular weight excluding hydrogens is 294 g/mol. The third-order valence-corrected chi connectivity index (χ3v) is 4.93. The zero-order valence-electron chi connectivity index (χ0n) is 10.1. The van der Waals surface area contributed by atoms with Crippen LogP contribution in [0.1, 0.15) is 6.92 Å². The van der Waals surface area contributed by atoms with Crippen molar-refractivity contribution in [2.24, 2.45) is 0 Å². The van der Waals surface area contributed by atoms with E-state index in [1.165, 1.54) is 14.0 Å². The molecule has 0 amide bonds. The first-order valence-electron chi connectivity index (χ1n) is 5.03. The van der Waals surface area contributed by atoms with Crippen molar-refractivity contribution in [3.8, 4) is 6.07 Å². The van der Waals surface area contributed by atoms with E-state index < -0.39 is 21.0 Å². The summed E-state index contributed by atoms with van der Waals surface area (Å²) in [5, 5.41) is 19.0. The van der Waals surface area contributed by atoms with Crippen LogP contribution in [0.5, 0.6) is 0 Å². The summed E-state index contributed by atoms with van der Waals surface area (Å²) in [6, 6.07) is 3.96. The van der Waals surface area contributed by atoms with Crippen LogP contribution >= 0.6 is 11.6 Å². The summed E-state index contributed by atoms with van der Waals surface area (Å²) in [5.74, 6) is 0. The van der Waals surface area contributed by atoms with Crippen LogP contribution in [0.4, 0.5) is 5.69 Å². The number of nitriles is 1. The number of nitro groups is 1. The quantitative estimate of drug-likeness (QED) is 0.623. The molecule has 0 aliphatic carbocycles. The van der Waals surface area contributed by atoms with E-state index in [1.807, 2.05) is 0 Å². The molecule has 0 fully saturated rings. The summed E-state index contributed by atoms with van der Waals surface area (Å²) in [7, 11) is -2.73. The highest BCUT2D eigenvalue weighted by Gasteiger charge is 2.28. The third-order valence-electron chi connectivity index (χ3n) is 2.52. The van der Waals surface area contributed by atoms with E-state index in [0.717, 1.165) is 22.5 Å². The van der Waals surface area contributed by atoms with Gasteiger partial charge in [0.15, 0.2) is 0 Å². The summed E-state index contributed by atoms with van der Waals surface area (Å²) < 4.78 is 25.2. The smallest absolute Gasteiger partial charge is 0.258 e.